The summed E-state index contributed by atoms with van der Waals surface area (Å²) in [5, 5.41) is 3.16. The molecule has 2 rings (SSSR count). The first-order valence-electron chi connectivity index (χ1n) is 6.59. The predicted octanol–water partition coefficient (Wildman–Crippen LogP) is 1.46. The molecule has 5 N–H and O–H groups in total. The van der Waals surface area contributed by atoms with E-state index in [1.165, 1.54) is 12.1 Å². The molecule has 21 heavy (non-hydrogen) atoms. The van der Waals surface area contributed by atoms with Gasteiger partial charge >= 0.3 is 0 Å². The average molecular weight is 309 g/mol. The van der Waals surface area contributed by atoms with Gasteiger partial charge < -0.3 is 16.0 Å². The van der Waals surface area contributed by atoms with E-state index in [0.29, 0.717) is 17.9 Å². The maximum atomic E-state index is 12.0. The van der Waals surface area contributed by atoms with Crippen molar-refractivity contribution in [1.82, 2.24) is 14.7 Å². The molecule has 1 unspecified atom stereocenters. The smallest absolute Gasteiger partial charge is 0.240 e. The monoisotopic (exact) mass is 309 g/mol. The van der Waals surface area contributed by atoms with Crippen LogP contribution in [0.15, 0.2) is 35.5 Å². The van der Waals surface area contributed by atoms with Gasteiger partial charge in [-0.15, -0.1) is 0 Å². The van der Waals surface area contributed by atoms with Crippen molar-refractivity contribution in [2.24, 2.45) is 0 Å². The van der Waals surface area contributed by atoms with Crippen LogP contribution in [0.4, 0.5) is 11.4 Å². The highest BCUT2D eigenvalue weighted by molar-refractivity contribution is 7.89. The molecule has 2 aromatic rings. The van der Waals surface area contributed by atoms with Gasteiger partial charge in [-0.2, -0.15) is 0 Å². The Morgan fingerprint density at radius 1 is 1.43 bits per heavy atom. The van der Waals surface area contributed by atoms with Gasteiger partial charge in [-0.25, -0.2) is 18.1 Å². The minimum absolute atomic E-state index is 0.126. The van der Waals surface area contributed by atoms with Gasteiger partial charge in [0.1, 0.15) is 5.82 Å². The molecule has 114 valence electrons. The number of nitrogens with two attached hydrogens (primary N) is 1. The Hall–Kier alpha value is -2.06. The van der Waals surface area contributed by atoms with Crippen molar-refractivity contribution in [2.75, 3.05) is 17.6 Å². The average Bonchev–Trinajstić information content (AvgIpc) is 2.95. The van der Waals surface area contributed by atoms with Gasteiger partial charge in [-0.3, -0.25) is 0 Å². The second kappa shape index (κ2) is 6.15. The third kappa shape index (κ3) is 3.53. The number of anilines is 2. The normalized spacial score (nSPS) is 13.0. The first kappa shape index (κ1) is 15.3. The van der Waals surface area contributed by atoms with Gasteiger partial charge in [0.2, 0.25) is 10.0 Å². The molecule has 1 aromatic carbocycles. The largest absolute Gasteiger partial charge is 0.397 e. The number of imidazole rings is 1. The lowest BCUT2D eigenvalue weighted by Gasteiger charge is -2.16. The van der Waals surface area contributed by atoms with Gasteiger partial charge in [0.15, 0.2) is 0 Å². The van der Waals surface area contributed by atoms with Crippen molar-refractivity contribution in [1.29, 1.82) is 0 Å². The number of sulfonamides is 1. The zero-order valence-electron chi connectivity index (χ0n) is 11.9. The number of hydrogen-bond acceptors (Lipinski definition) is 5. The second-order valence-corrected chi connectivity index (χ2v) is 6.36. The van der Waals surface area contributed by atoms with E-state index in [2.05, 4.69) is 20.0 Å². The van der Waals surface area contributed by atoms with E-state index in [1.807, 2.05) is 6.92 Å². The maximum absolute atomic E-state index is 12.0. The number of H-pyrrole nitrogens is 1. The lowest BCUT2D eigenvalue weighted by atomic mass is 10.2. The van der Waals surface area contributed by atoms with Crippen molar-refractivity contribution in [3.63, 3.8) is 0 Å². The lowest BCUT2D eigenvalue weighted by Crippen LogP contribution is -2.23. The number of benzene rings is 1. The van der Waals surface area contributed by atoms with E-state index in [-0.39, 0.29) is 10.9 Å². The van der Waals surface area contributed by atoms with E-state index in [9.17, 15) is 8.42 Å². The summed E-state index contributed by atoms with van der Waals surface area (Å²) in [6.45, 7) is 3.97. The molecule has 1 heterocycles. The highest BCUT2D eigenvalue weighted by atomic mass is 32.2. The van der Waals surface area contributed by atoms with Crippen LogP contribution in [0.2, 0.25) is 0 Å². The molecule has 0 saturated carbocycles. The molecule has 0 aliphatic rings. The van der Waals surface area contributed by atoms with E-state index in [4.69, 9.17) is 5.73 Å². The molecule has 1 aromatic heterocycles. The fourth-order valence-corrected chi connectivity index (χ4v) is 2.98. The van der Waals surface area contributed by atoms with Gasteiger partial charge in [-0.05, 0) is 25.1 Å². The minimum Gasteiger partial charge on any atom is -0.397 e. The first-order chi connectivity index (χ1) is 9.94. The highest BCUT2D eigenvalue weighted by Gasteiger charge is 2.16. The molecule has 0 bridgehead atoms. The predicted molar refractivity (Wildman–Crippen MR) is 82.3 cm³/mol. The molecule has 8 heteroatoms. The number of aromatic amines is 1. The summed E-state index contributed by atoms with van der Waals surface area (Å²) < 4.78 is 26.5. The number of nitrogens with one attached hydrogen (secondary N) is 3. The molecule has 0 radical (unpaired) electrons. The van der Waals surface area contributed by atoms with Crippen LogP contribution in [-0.2, 0) is 10.0 Å². The third-order valence-corrected chi connectivity index (χ3v) is 4.51. The molecule has 0 spiro atoms. The van der Waals surface area contributed by atoms with Crippen molar-refractivity contribution < 1.29 is 8.42 Å². The Kier molecular flexibility index (Phi) is 4.49. The Morgan fingerprint density at radius 3 is 2.81 bits per heavy atom. The fraction of sp³-hybridized carbons (Fsp3) is 0.308. The molecule has 0 saturated heterocycles. The maximum Gasteiger partial charge on any atom is 0.240 e. The number of rotatable bonds is 6. The van der Waals surface area contributed by atoms with Gasteiger partial charge in [-0.1, -0.05) is 6.92 Å². The molecule has 1 atom stereocenters. The summed E-state index contributed by atoms with van der Waals surface area (Å²) >= 11 is 0. The third-order valence-electron chi connectivity index (χ3n) is 2.97. The lowest BCUT2D eigenvalue weighted by molar-refractivity contribution is 0.584. The number of aromatic nitrogens is 2. The Morgan fingerprint density at radius 2 is 2.19 bits per heavy atom. The summed E-state index contributed by atoms with van der Waals surface area (Å²) in [6, 6.07) is 4.45. The number of hydrogen-bond donors (Lipinski definition) is 4. The van der Waals surface area contributed by atoms with Gasteiger partial charge in [0, 0.05) is 18.9 Å². The van der Waals surface area contributed by atoms with Gasteiger partial charge in [0.25, 0.3) is 0 Å². The number of nitrogen functional groups attached to an aromatic ring is 1. The molecule has 7 nitrogen and oxygen atoms in total. The molecule has 0 fully saturated rings. The van der Waals surface area contributed by atoms with Crippen LogP contribution >= 0.6 is 0 Å². The van der Waals surface area contributed by atoms with Crippen LogP contribution in [0.1, 0.15) is 25.7 Å². The van der Waals surface area contributed by atoms with Crippen molar-refractivity contribution in [3.8, 4) is 0 Å². The van der Waals surface area contributed by atoms with Crippen LogP contribution in [-0.4, -0.2) is 24.9 Å². The van der Waals surface area contributed by atoms with Crippen molar-refractivity contribution in [3.05, 3.63) is 36.4 Å². The van der Waals surface area contributed by atoms with Crippen LogP contribution in [0.25, 0.3) is 0 Å². The van der Waals surface area contributed by atoms with Crippen LogP contribution < -0.4 is 15.8 Å². The standard InChI is InChI=1S/C13H19N5O2S/c1-3-17-21(19,20)10-4-5-11(14)12(8-10)18-9(2)13-15-6-7-16-13/h4-9,17-18H,3,14H2,1-2H3,(H,15,16). The zero-order chi connectivity index (χ0) is 15.5. The van der Waals surface area contributed by atoms with Crippen molar-refractivity contribution >= 4 is 21.4 Å². The molecule has 0 aliphatic carbocycles. The quantitative estimate of drug-likeness (QED) is 0.603. The van der Waals surface area contributed by atoms with Gasteiger partial charge in [0.05, 0.1) is 22.3 Å². The molecular formula is C13H19N5O2S. The Labute approximate surface area is 124 Å². The van der Waals surface area contributed by atoms with E-state index >= 15 is 0 Å². The Bertz CT molecular complexity index is 697. The van der Waals surface area contributed by atoms with Crippen LogP contribution in [0.3, 0.4) is 0 Å². The molecule has 0 amide bonds. The summed E-state index contributed by atoms with van der Waals surface area (Å²) in [4.78, 5) is 7.32. The van der Waals surface area contributed by atoms with Crippen molar-refractivity contribution in [2.45, 2.75) is 24.8 Å². The van der Waals surface area contributed by atoms with E-state index in [1.54, 1.807) is 25.4 Å². The first-order valence-corrected chi connectivity index (χ1v) is 8.07. The zero-order valence-corrected chi connectivity index (χ0v) is 12.7. The van der Waals surface area contributed by atoms with Crippen LogP contribution in [0.5, 0.6) is 0 Å². The molecule has 0 aliphatic heterocycles. The van der Waals surface area contributed by atoms with E-state index in [0.717, 1.165) is 5.82 Å². The molecular weight excluding hydrogens is 290 g/mol. The fourth-order valence-electron chi connectivity index (χ4n) is 1.92. The number of nitrogens with zero attached hydrogens (tertiary/aromatic N) is 1. The summed E-state index contributed by atoms with van der Waals surface area (Å²) in [7, 11) is -3.51. The summed E-state index contributed by atoms with van der Waals surface area (Å²) in [5.74, 6) is 0.745. The second-order valence-electron chi connectivity index (χ2n) is 4.59. The highest BCUT2D eigenvalue weighted by Crippen LogP contribution is 2.26. The van der Waals surface area contributed by atoms with E-state index < -0.39 is 10.0 Å². The summed E-state index contributed by atoms with van der Waals surface area (Å²) in [6.07, 6.45) is 3.38. The topological polar surface area (TPSA) is 113 Å². The Balaban J connectivity index is 2.28. The minimum atomic E-state index is -3.51. The van der Waals surface area contributed by atoms with Crippen LogP contribution in [0, 0.1) is 0 Å². The SMILES string of the molecule is CCNS(=O)(=O)c1ccc(N)c(NC(C)c2ncc[nH]2)c1. The summed E-state index contributed by atoms with van der Waals surface area (Å²) in [5.41, 5.74) is 6.93.